The Balaban J connectivity index is 1.95. The second-order valence-electron chi connectivity index (χ2n) is 10.3. The minimum Gasteiger partial charge on any atom is -0.463 e. The van der Waals surface area contributed by atoms with Gasteiger partial charge in [0.15, 0.2) is 0 Å². The average Bonchev–Trinajstić information content (AvgIpc) is 2.79. The van der Waals surface area contributed by atoms with E-state index in [0.717, 1.165) is 0 Å². The van der Waals surface area contributed by atoms with Gasteiger partial charge in [-0.2, -0.15) is 0 Å². The van der Waals surface area contributed by atoms with Crippen molar-refractivity contribution in [2.75, 3.05) is 39.3 Å². The third kappa shape index (κ3) is 6.89. The monoisotopic (exact) mass is 553 g/mol. The Hall–Kier alpha value is -2.49. The van der Waals surface area contributed by atoms with Gasteiger partial charge in [-0.05, 0) is 59.2 Å². The van der Waals surface area contributed by atoms with Crippen molar-refractivity contribution in [2.24, 2.45) is 0 Å². The molecule has 2 aliphatic rings. The molecule has 2 N–H and O–H groups in total. The zero-order valence-corrected chi connectivity index (χ0v) is 23.9. The van der Waals surface area contributed by atoms with Crippen molar-refractivity contribution in [1.82, 2.24) is 25.3 Å². The van der Waals surface area contributed by atoms with Crippen molar-refractivity contribution < 1.29 is 19.1 Å². The normalized spacial score (nSPS) is 21.1. The fraction of sp³-hybridized carbons (Fsp3) is 0.577. The minimum atomic E-state index is -0.740. The summed E-state index contributed by atoms with van der Waals surface area (Å²) in [6.07, 6.45) is 0. The first-order chi connectivity index (χ1) is 17.4. The molecule has 1 fully saturated rings. The number of carbonyl (C=O) groups is 3. The highest BCUT2D eigenvalue weighted by Crippen LogP contribution is 2.35. The largest absolute Gasteiger partial charge is 0.463 e. The van der Waals surface area contributed by atoms with Gasteiger partial charge in [0, 0.05) is 50.0 Å². The number of urea groups is 2. The lowest BCUT2D eigenvalue weighted by Gasteiger charge is -2.43. The maximum atomic E-state index is 13.3. The number of amides is 4. The molecule has 2 atom stereocenters. The number of hydrogen-bond donors (Lipinski definition) is 2. The highest BCUT2D eigenvalue weighted by molar-refractivity contribution is 6.42. The Morgan fingerprint density at radius 1 is 1.16 bits per heavy atom. The van der Waals surface area contributed by atoms with E-state index in [4.69, 9.17) is 27.9 Å². The Labute approximate surface area is 229 Å². The molecular weight excluding hydrogens is 517 g/mol. The fourth-order valence-corrected chi connectivity index (χ4v) is 4.99. The van der Waals surface area contributed by atoms with E-state index in [-0.39, 0.29) is 30.2 Å². The van der Waals surface area contributed by atoms with Crippen LogP contribution in [0.3, 0.4) is 0 Å². The van der Waals surface area contributed by atoms with Crippen molar-refractivity contribution in [3.63, 3.8) is 0 Å². The molecule has 1 aromatic carbocycles. The standard InChI is InChI=1S/C26H37Cl2N5O4/c1-7-32-20(15-31-11-12-33(16(3)14-31)25(36)30-26(4,5)6)21(23(34)37-8-2)22(29-24(32)35)17-9-10-18(27)19(28)13-17/h9-10,13,16,22H,7-8,11-12,14-15H2,1-6H3,(H,29,35)(H,30,36)/t16-,22+/m1/s1. The zero-order valence-electron chi connectivity index (χ0n) is 22.4. The van der Waals surface area contributed by atoms with Gasteiger partial charge in [0.05, 0.1) is 28.3 Å². The predicted molar refractivity (Wildman–Crippen MR) is 145 cm³/mol. The molecule has 2 heterocycles. The summed E-state index contributed by atoms with van der Waals surface area (Å²) < 4.78 is 5.44. The number of benzene rings is 1. The second kappa shape index (κ2) is 11.9. The van der Waals surface area contributed by atoms with Crippen LogP contribution in [0.1, 0.15) is 53.1 Å². The van der Waals surface area contributed by atoms with E-state index in [1.165, 1.54) is 0 Å². The van der Waals surface area contributed by atoms with E-state index >= 15 is 0 Å². The van der Waals surface area contributed by atoms with Gasteiger partial charge < -0.3 is 20.3 Å². The molecule has 0 saturated carbocycles. The summed E-state index contributed by atoms with van der Waals surface area (Å²) in [4.78, 5) is 44.8. The van der Waals surface area contributed by atoms with Gasteiger partial charge in [0.25, 0.3) is 0 Å². The van der Waals surface area contributed by atoms with Crippen molar-refractivity contribution in [2.45, 2.75) is 59.2 Å². The van der Waals surface area contributed by atoms with Crippen LogP contribution in [0.25, 0.3) is 0 Å². The van der Waals surface area contributed by atoms with Crippen LogP contribution in [-0.4, -0.2) is 83.6 Å². The molecule has 37 heavy (non-hydrogen) atoms. The number of nitrogens with zero attached hydrogens (tertiary/aromatic N) is 3. The molecular formula is C26H37Cl2N5O4. The van der Waals surface area contributed by atoms with E-state index in [0.29, 0.717) is 59.6 Å². The fourth-order valence-electron chi connectivity index (χ4n) is 4.68. The lowest BCUT2D eigenvalue weighted by Crippen LogP contribution is -2.59. The summed E-state index contributed by atoms with van der Waals surface area (Å²) in [6, 6.07) is 3.84. The van der Waals surface area contributed by atoms with Crippen molar-refractivity contribution in [3.05, 3.63) is 45.1 Å². The van der Waals surface area contributed by atoms with Gasteiger partial charge >= 0.3 is 18.0 Å². The first-order valence-electron chi connectivity index (χ1n) is 12.6. The zero-order chi connectivity index (χ0) is 27.5. The maximum Gasteiger partial charge on any atom is 0.338 e. The molecule has 0 bridgehead atoms. The Bertz CT molecular complexity index is 1070. The Kier molecular flexibility index (Phi) is 9.37. The number of carbonyl (C=O) groups excluding carboxylic acids is 3. The van der Waals surface area contributed by atoms with E-state index in [9.17, 15) is 14.4 Å². The lowest BCUT2D eigenvalue weighted by atomic mass is 9.94. The summed E-state index contributed by atoms with van der Waals surface area (Å²) >= 11 is 12.4. The second-order valence-corrected chi connectivity index (χ2v) is 11.2. The molecule has 3 rings (SSSR count). The van der Waals surface area contributed by atoms with Crippen LogP contribution in [0.2, 0.25) is 10.0 Å². The molecule has 0 unspecified atom stereocenters. The molecule has 1 aromatic rings. The van der Waals surface area contributed by atoms with Crippen LogP contribution in [-0.2, 0) is 9.53 Å². The highest BCUT2D eigenvalue weighted by atomic mass is 35.5. The third-order valence-corrected chi connectivity index (χ3v) is 7.09. The maximum absolute atomic E-state index is 13.3. The topological polar surface area (TPSA) is 94.2 Å². The van der Waals surface area contributed by atoms with E-state index < -0.39 is 12.0 Å². The first-order valence-corrected chi connectivity index (χ1v) is 13.4. The molecule has 0 aromatic heterocycles. The summed E-state index contributed by atoms with van der Waals surface area (Å²) in [5.74, 6) is -0.497. The van der Waals surface area contributed by atoms with Crippen LogP contribution < -0.4 is 10.6 Å². The van der Waals surface area contributed by atoms with Crippen molar-refractivity contribution in [1.29, 1.82) is 0 Å². The molecule has 11 heteroatoms. The smallest absolute Gasteiger partial charge is 0.338 e. The molecule has 4 amide bonds. The number of piperazine rings is 1. The van der Waals surface area contributed by atoms with Gasteiger partial charge in [-0.1, -0.05) is 29.3 Å². The number of likely N-dealkylation sites (N-methyl/N-ethyl adjacent to an activating group) is 1. The molecule has 0 spiro atoms. The highest BCUT2D eigenvalue weighted by Gasteiger charge is 2.39. The first kappa shape index (κ1) is 29.1. The summed E-state index contributed by atoms with van der Waals surface area (Å²) in [5, 5.41) is 6.67. The van der Waals surface area contributed by atoms with Crippen LogP contribution >= 0.6 is 23.2 Å². The average molecular weight is 555 g/mol. The lowest BCUT2D eigenvalue weighted by molar-refractivity contribution is -0.139. The summed E-state index contributed by atoms with van der Waals surface area (Å²) in [7, 11) is 0. The van der Waals surface area contributed by atoms with Crippen LogP contribution in [0.5, 0.6) is 0 Å². The third-order valence-electron chi connectivity index (χ3n) is 6.35. The molecule has 0 radical (unpaired) electrons. The molecule has 204 valence electrons. The number of esters is 1. The quantitative estimate of drug-likeness (QED) is 0.509. The van der Waals surface area contributed by atoms with E-state index in [2.05, 4.69) is 15.5 Å². The molecule has 2 aliphatic heterocycles. The van der Waals surface area contributed by atoms with E-state index in [1.54, 1.807) is 30.0 Å². The minimum absolute atomic E-state index is 0.0545. The number of ether oxygens (including phenoxy) is 1. The van der Waals surface area contributed by atoms with Crippen LogP contribution in [0.4, 0.5) is 9.59 Å². The predicted octanol–water partition coefficient (Wildman–Crippen LogP) is 4.41. The molecule has 9 nitrogen and oxygen atoms in total. The van der Waals surface area contributed by atoms with Gasteiger partial charge in [0.2, 0.25) is 0 Å². The van der Waals surface area contributed by atoms with Gasteiger partial charge in [-0.25, -0.2) is 14.4 Å². The number of halogens is 2. The van der Waals surface area contributed by atoms with Crippen molar-refractivity contribution in [3.8, 4) is 0 Å². The summed E-state index contributed by atoms with van der Waals surface area (Å²) in [5.41, 5.74) is 1.25. The van der Waals surface area contributed by atoms with E-state index in [1.807, 2.05) is 39.5 Å². The van der Waals surface area contributed by atoms with Gasteiger partial charge in [-0.3, -0.25) is 9.80 Å². The van der Waals surface area contributed by atoms with Crippen molar-refractivity contribution >= 4 is 41.2 Å². The molecule has 1 saturated heterocycles. The SMILES string of the molecule is CCOC(=O)C1=C(CN2CCN(C(=O)NC(C)(C)C)[C@H](C)C2)N(CC)C(=O)N[C@H]1c1ccc(Cl)c(Cl)c1. The van der Waals surface area contributed by atoms with Gasteiger partial charge in [-0.15, -0.1) is 0 Å². The number of hydrogen-bond acceptors (Lipinski definition) is 5. The Morgan fingerprint density at radius 3 is 2.43 bits per heavy atom. The molecule has 0 aliphatic carbocycles. The van der Waals surface area contributed by atoms with Crippen LogP contribution in [0.15, 0.2) is 29.5 Å². The summed E-state index contributed by atoms with van der Waals surface area (Å²) in [6.45, 7) is 14.1. The van der Waals surface area contributed by atoms with Gasteiger partial charge in [0.1, 0.15) is 0 Å². The van der Waals surface area contributed by atoms with Crippen LogP contribution in [0, 0.1) is 0 Å². The number of nitrogens with one attached hydrogen (secondary N) is 2. The number of rotatable bonds is 6. The Morgan fingerprint density at radius 2 is 1.86 bits per heavy atom.